The van der Waals surface area contributed by atoms with Crippen LogP contribution in [0.1, 0.15) is 38.5 Å². The molecule has 0 aromatic rings. The van der Waals surface area contributed by atoms with Gasteiger partial charge in [0.2, 0.25) is 23.6 Å². The van der Waals surface area contributed by atoms with Gasteiger partial charge in [-0.1, -0.05) is 0 Å². The molecule has 3 saturated heterocycles. The van der Waals surface area contributed by atoms with Crippen LogP contribution in [-0.4, -0.2) is 155 Å². The standard InChI is InChI=1S/2C10H20N4O2.C10H24N4/c15-9-1-3-11-5-8-14-10(16)2-4-12-6-7-13-9;15-9-8-10(16)14-7-5-12-3-1-2-11-4-6-13-9;1-3-11-7-9-13-5-2-6-14-10-8-12-4-1/h2*11-12H,1-8H2,(H,13,15)(H,14,16);11-14H,1-10H2. The maximum Gasteiger partial charge on any atom is 0.229 e. The first-order valence-electron chi connectivity index (χ1n) is 17.3. The number of hydrogen-bond acceptors (Lipinski definition) is 12. The van der Waals surface area contributed by atoms with E-state index in [1.165, 1.54) is 12.8 Å². The van der Waals surface area contributed by atoms with Gasteiger partial charge in [0.25, 0.3) is 0 Å². The van der Waals surface area contributed by atoms with E-state index in [1.807, 2.05) is 0 Å². The van der Waals surface area contributed by atoms with Gasteiger partial charge in [0.05, 0.1) is 0 Å². The van der Waals surface area contributed by atoms with Crippen molar-refractivity contribution in [1.29, 1.82) is 0 Å². The van der Waals surface area contributed by atoms with E-state index in [0.29, 0.717) is 65.2 Å². The van der Waals surface area contributed by atoms with Crippen LogP contribution in [0.4, 0.5) is 0 Å². The molecule has 3 fully saturated rings. The highest BCUT2D eigenvalue weighted by Gasteiger charge is 2.08. The Morgan fingerprint density at radius 1 is 0.261 bits per heavy atom. The van der Waals surface area contributed by atoms with Crippen LogP contribution in [0, 0.1) is 0 Å². The summed E-state index contributed by atoms with van der Waals surface area (Å²) >= 11 is 0. The monoisotopic (exact) mass is 657 g/mol. The van der Waals surface area contributed by atoms with Crippen molar-refractivity contribution in [2.24, 2.45) is 0 Å². The lowest BCUT2D eigenvalue weighted by Gasteiger charge is -2.10. The lowest BCUT2D eigenvalue weighted by Crippen LogP contribution is -2.39. The highest BCUT2D eigenvalue weighted by atomic mass is 16.2. The number of hydrogen-bond donors (Lipinski definition) is 12. The van der Waals surface area contributed by atoms with Crippen molar-refractivity contribution >= 4 is 23.6 Å². The molecule has 3 aliphatic heterocycles. The van der Waals surface area contributed by atoms with Crippen LogP contribution in [0.2, 0.25) is 0 Å². The maximum atomic E-state index is 11.3. The molecule has 0 atom stereocenters. The minimum Gasteiger partial charge on any atom is -0.355 e. The molecule has 3 aliphatic rings. The molecule has 3 rings (SSSR count). The fraction of sp³-hybridized carbons (Fsp3) is 0.867. The van der Waals surface area contributed by atoms with Crippen molar-refractivity contribution < 1.29 is 19.2 Å². The van der Waals surface area contributed by atoms with E-state index in [-0.39, 0.29) is 30.0 Å². The molecule has 16 nitrogen and oxygen atoms in total. The molecule has 3 heterocycles. The van der Waals surface area contributed by atoms with Crippen LogP contribution in [0.3, 0.4) is 0 Å². The van der Waals surface area contributed by atoms with Gasteiger partial charge in [0.15, 0.2) is 0 Å². The third-order valence-electron chi connectivity index (χ3n) is 6.95. The third-order valence-corrected chi connectivity index (χ3v) is 6.95. The first-order chi connectivity index (χ1) is 22.6. The second kappa shape index (κ2) is 32.5. The van der Waals surface area contributed by atoms with Crippen LogP contribution in [-0.2, 0) is 19.2 Å². The molecule has 46 heavy (non-hydrogen) atoms. The Hall–Kier alpha value is -2.44. The van der Waals surface area contributed by atoms with Gasteiger partial charge in [-0.25, -0.2) is 0 Å². The SMILES string of the molecule is C1CNCCNCCCNCCNC1.O=C1CC(=O)NCCNCCCNCCN1.O=C1CCNCCNC(=O)CCNCCN1. The maximum absolute atomic E-state index is 11.3. The predicted molar refractivity (Wildman–Crippen MR) is 183 cm³/mol. The molecule has 0 unspecified atom stereocenters. The molecule has 0 radical (unpaired) electrons. The largest absolute Gasteiger partial charge is 0.355 e. The zero-order valence-electron chi connectivity index (χ0n) is 28.0. The van der Waals surface area contributed by atoms with Crippen LogP contribution in [0.15, 0.2) is 0 Å². The minimum absolute atomic E-state index is 0.0652. The van der Waals surface area contributed by atoms with E-state index in [2.05, 4.69) is 63.8 Å². The normalized spacial score (nSPS) is 22.4. The lowest BCUT2D eigenvalue weighted by molar-refractivity contribution is -0.129. The molecule has 0 saturated carbocycles. The molecule has 0 spiro atoms. The van der Waals surface area contributed by atoms with Gasteiger partial charge in [-0.15, -0.1) is 0 Å². The molecule has 0 aromatic carbocycles. The summed E-state index contributed by atoms with van der Waals surface area (Å²) in [6.45, 7) is 17.3. The first-order valence-corrected chi connectivity index (χ1v) is 17.3. The summed E-state index contributed by atoms with van der Waals surface area (Å²) in [5.41, 5.74) is 0. The Morgan fingerprint density at radius 3 is 0.804 bits per heavy atom. The topological polar surface area (TPSA) is 213 Å². The summed E-state index contributed by atoms with van der Waals surface area (Å²) in [5.74, 6) is -0.306. The van der Waals surface area contributed by atoms with Crippen molar-refractivity contribution in [2.75, 3.05) is 131 Å². The Labute approximate surface area is 276 Å². The van der Waals surface area contributed by atoms with E-state index < -0.39 is 0 Å². The van der Waals surface area contributed by atoms with Gasteiger partial charge in [0.1, 0.15) is 6.42 Å². The van der Waals surface area contributed by atoms with Crippen molar-refractivity contribution in [2.45, 2.75) is 38.5 Å². The Bertz CT molecular complexity index is 659. The van der Waals surface area contributed by atoms with Crippen molar-refractivity contribution in [3.05, 3.63) is 0 Å². The second-order valence-corrected chi connectivity index (χ2v) is 11.1. The Kier molecular flexibility index (Phi) is 29.4. The zero-order valence-corrected chi connectivity index (χ0v) is 28.0. The van der Waals surface area contributed by atoms with E-state index in [4.69, 9.17) is 0 Å². The summed E-state index contributed by atoms with van der Waals surface area (Å²) < 4.78 is 0. The van der Waals surface area contributed by atoms with E-state index in [1.54, 1.807) is 0 Å². The highest BCUT2D eigenvalue weighted by Crippen LogP contribution is 1.82. The van der Waals surface area contributed by atoms with E-state index >= 15 is 0 Å². The quantitative estimate of drug-likeness (QED) is 0.111. The molecular weight excluding hydrogens is 592 g/mol. The van der Waals surface area contributed by atoms with Gasteiger partial charge in [-0.05, 0) is 58.5 Å². The van der Waals surface area contributed by atoms with Gasteiger partial charge in [-0.2, -0.15) is 0 Å². The predicted octanol–water partition coefficient (Wildman–Crippen LogP) is -4.48. The molecule has 4 amide bonds. The number of nitrogens with one attached hydrogen (secondary N) is 12. The summed E-state index contributed by atoms with van der Waals surface area (Å²) in [5, 5.41) is 37.3. The third kappa shape index (κ3) is 30.2. The number of rotatable bonds is 0. The fourth-order valence-electron chi connectivity index (χ4n) is 4.38. The number of carbonyl (C=O) groups is 4. The lowest BCUT2D eigenvalue weighted by atomic mass is 10.3. The van der Waals surface area contributed by atoms with E-state index in [0.717, 1.165) is 85.0 Å². The van der Waals surface area contributed by atoms with Crippen LogP contribution >= 0.6 is 0 Å². The van der Waals surface area contributed by atoms with Gasteiger partial charge in [0, 0.05) is 104 Å². The molecule has 0 bridgehead atoms. The summed E-state index contributed by atoms with van der Waals surface area (Å²) in [6, 6.07) is 0. The molecule has 16 heteroatoms. The van der Waals surface area contributed by atoms with Gasteiger partial charge >= 0.3 is 0 Å². The van der Waals surface area contributed by atoms with Gasteiger partial charge in [-0.3, -0.25) is 19.2 Å². The number of amides is 4. The summed E-state index contributed by atoms with van der Waals surface area (Å²) in [7, 11) is 0. The van der Waals surface area contributed by atoms with Crippen LogP contribution in [0.25, 0.3) is 0 Å². The highest BCUT2D eigenvalue weighted by molar-refractivity contribution is 5.96. The average molecular weight is 657 g/mol. The summed E-state index contributed by atoms with van der Waals surface area (Å²) in [4.78, 5) is 45.0. The smallest absolute Gasteiger partial charge is 0.229 e. The average Bonchev–Trinajstić information content (AvgIpc) is 3.04. The van der Waals surface area contributed by atoms with Crippen molar-refractivity contribution in [3.8, 4) is 0 Å². The van der Waals surface area contributed by atoms with Crippen LogP contribution < -0.4 is 63.8 Å². The van der Waals surface area contributed by atoms with Gasteiger partial charge < -0.3 is 63.8 Å². The molecule has 0 aromatic heterocycles. The first kappa shape index (κ1) is 41.6. The Balaban J connectivity index is 0.000000346. The Morgan fingerprint density at radius 2 is 0.500 bits per heavy atom. The summed E-state index contributed by atoms with van der Waals surface area (Å²) in [6.07, 6.45) is 4.36. The molecule has 268 valence electrons. The minimum atomic E-state index is -0.218. The van der Waals surface area contributed by atoms with Crippen molar-refractivity contribution in [3.63, 3.8) is 0 Å². The molecule has 12 N–H and O–H groups in total. The second-order valence-electron chi connectivity index (χ2n) is 11.1. The zero-order chi connectivity index (χ0) is 33.2. The molecule has 0 aliphatic carbocycles. The van der Waals surface area contributed by atoms with E-state index in [9.17, 15) is 19.2 Å². The fourth-order valence-corrected chi connectivity index (χ4v) is 4.38. The van der Waals surface area contributed by atoms with Crippen molar-refractivity contribution in [1.82, 2.24) is 63.8 Å². The number of carbonyl (C=O) groups excluding carboxylic acids is 4. The molecular formula is C30H64N12O4. The van der Waals surface area contributed by atoms with Crippen LogP contribution in [0.5, 0.6) is 0 Å².